The maximum Gasteiger partial charge on any atom is 0.395 e. The van der Waals surface area contributed by atoms with Crippen LogP contribution in [0.5, 0.6) is 0 Å². The summed E-state index contributed by atoms with van der Waals surface area (Å²) in [6, 6.07) is 0. The zero-order valence-corrected chi connectivity index (χ0v) is 7.89. The van der Waals surface area contributed by atoms with Crippen molar-refractivity contribution in [2.24, 2.45) is 0 Å². The molecule has 0 aromatic heterocycles. The normalized spacial score (nSPS) is 12.4. The Bertz CT molecular complexity index is 156. The van der Waals surface area contributed by atoms with Crippen LogP contribution in [0.25, 0.3) is 0 Å². The molecule has 10 heteroatoms. The van der Waals surface area contributed by atoms with Crippen LogP contribution in [-0.4, -0.2) is 19.6 Å². The van der Waals surface area contributed by atoms with Crippen molar-refractivity contribution in [1.29, 1.82) is 0 Å². The van der Waals surface area contributed by atoms with E-state index in [2.05, 4.69) is 0 Å². The Balaban J connectivity index is 0. The largest absolute Gasteiger partial charge is 0.395 e. The summed E-state index contributed by atoms with van der Waals surface area (Å²) in [6.07, 6.45) is 0. The summed E-state index contributed by atoms with van der Waals surface area (Å²) < 4.78 is 19.6. The van der Waals surface area contributed by atoms with Crippen LogP contribution in [0.3, 0.4) is 0 Å². The van der Waals surface area contributed by atoms with Crippen molar-refractivity contribution in [3.63, 3.8) is 0 Å². The van der Waals surface area contributed by atoms with E-state index in [4.69, 9.17) is 19.6 Å². The first-order valence-corrected chi connectivity index (χ1v) is 6.78. The second-order valence-electron chi connectivity index (χ2n) is 1.06. The third-order valence-electron chi connectivity index (χ3n) is 0.213. The van der Waals surface area contributed by atoms with Gasteiger partial charge in [0.2, 0.25) is 0 Å². The third kappa shape index (κ3) is 11.9. The Morgan fingerprint density at radius 1 is 0.900 bits per heavy atom. The van der Waals surface area contributed by atoms with Gasteiger partial charge in [0, 0.05) is 16.8 Å². The fraction of sp³-hybridized carbons (Fsp3) is 0. The van der Waals surface area contributed by atoms with Crippen LogP contribution >= 0.6 is 24.6 Å². The van der Waals surface area contributed by atoms with E-state index < -0.39 is 24.6 Å². The average Bonchev–Trinajstić information content (AvgIpc) is 1.14. The van der Waals surface area contributed by atoms with E-state index in [1.54, 1.807) is 0 Å². The van der Waals surface area contributed by atoms with Crippen molar-refractivity contribution >= 4 is 24.6 Å². The smallest absolute Gasteiger partial charge is 0.316 e. The van der Waals surface area contributed by atoms with Gasteiger partial charge in [-0.05, 0) is 0 Å². The van der Waals surface area contributed by atoms with Crippen LogP contribution in [0.2, 0.25) is 0 Å². The topological polar surface area (TPSA) is 115 Å². The fourth-order valence-electron chi connectivity index (χ4n) is 0.139. The van der Waals surface area contributed by atoms with E-state index in [0.29, 0.717) is 0 Å². The summed E-state index contributed by atoms with van der Waals surface area (Å²) in [7, 11) is 0. The molecule has 1 radical (unpaired) electrons. The Hall–Kier alpha value is 1.16. The van der Waals surface area contributed by atoms with Crippen LogP contribution < -0.4 is 0 Å². The molecule has 6 nitrogen and oxygen atoms in total. The van der Waals surface area contributed by atoms with E-state index in [-0.39, 0.29) is 16.8 Å². The molecule has 0 unspecified atom stereocenters. The van der Waals surface area contributed by atoms with Crippen LogP contribution in [0.1, 0.15) is 0 Å². The molecule has 0 bridgehead atoms. The molecular weight excluding hydrogens is 249 g/mol. The fourth-order valence-corrected chi connectivity index (χ4v) is 3.74. The van der Waals surface area contributed by atoms with E-state index >= 15 is 0 Å². The summed E-state index contributed by atoms with van der Waals surface area (Å²) in [5, 5.41) is 0. The van der Waals surface area contributed by atoms with Gasteiger partial charge in [-0.15, -0.1) is 0 Å². The maximum atomic E-state index is 9.81. The molecular formula is H4CoO6P2S. The van der Waals surface area contributed by atoms with Crippen LogP contribution in [-0.2, 0) is 25.9 Å². The first-order chi connectivity index (χ1) is 3.71. The van der Waals surface area contributed by atoms with Crippen molar-refractivity contribution in [2.75, 3.05) is 0 Å². The predicted molar refractivity (Wildman–Crippen MR) is 31.7 cm³/mol. The average molecular weight is 253 g/mol. The van der Waals surface area contributed by atoms with Gasteiger partial charge in [-0.1, -0.05) is 0 Å². The van der Waals surface area contributed by atoms with E-state index in [1.165, 1.54) is 0 Å². The van der Waals surface area contributed by atoms with Crippen molar-refractivity contribution in [3.8, 4) is 0 Å². The molecule has 0 saturated heterocycles. The van der Waals surface area contributed by atoms with Crippen molar-refractivity contribution in [1.82, 2.24) is 0 Å². The number of hydrogen-bond donors (Lipinski definition) is 4. The van der Waals surface area contributed by atoms with Crippen molar-refractivity contribution < 1.29 is 45.5 Å². The van der Waals surface area contributed by atoms with E-state index in [1.807, 2.05) is 0 Å². The molecule has 0 atom stereocenters. The monoisotopic (exact) mass is 253 g/mol. The Kier molecular flexibility index (Phi) is 5.83. The number of hydrogen-bond acceptors (Lipinski definition) is 3. The Morgan fingerprint density at radius 2 is 1.10 bits per heavy atom. The van der Waals surface area contributed by atoms with Gasteiger partial charge >= 0.3 is 13.6 Å². The summed E-state index contributed by atoms with van der Waals surface area (Å²) in [6.45, 7) is -9.27. The van der Waals surface area contributed by atoms with Gasteiger partial charge in [0.05, 0.1) is 11.0 Å². The second kappa shape index (κ2) is 4.25. The molecule has 0 fully saturated rings. The molecule has 0 aliphatic heterocycles. The molecule has 4 N–H and O–H groups in total. The minimum atomic E-state index is -4.63. The van der Waals surface area contributed by atoms with Gasteiger partial charge in [0.1, 0.15) is 0 Å². The van der Waals surface area contributed by atoms with Gasteiger partial charge in [-0.2, -0.15) is 0 Å². The molecule has 0 aromatic rings. The van der Waals surface area contributed by atoms with Gasteiger partial charge in [0.25, 0.3) is 0 Å². The summed E-state index contributed by atoms with van der Waals surface area (Å²) in [4.78, 5) is 31.7. The standard InChI is InChI=1S/Co.H4O6P2S/c;1-7(2,3)9-8(4,5)6/h;(H2,1,2,3)(H2,4,5,6). The van der Waals surface area contributed by atoms with Crippen LogP contribution in [0.15, 0.2) is 0 Å². The molecule has 0 amide bonds. The van der Waals surface area contributed by atoms with Gasteiger partial charge in [-0.3, -0.25) is 0 Å². The molecule has 0 rings (SSSR count). The molecule has 0 saturated carbocycles. The number of rotatable bonds is 2. The minimum Gasteiger partial charge on any atom is -0.316 e. The van der Waals surface area contributed by atoms with E-state index in [9.17, 15) is 9.13 Å². The quantitative estimate of drug-likeness (QED) is 0.508. The van der Waals surface area contributed by atoms with Gasteiger partial charge in [-0.25, -0.2) is 9.13 Å². The van der Waals surface area contributed by atoms with Crippen LogP contribution in [0, 0.1) is 0 Å². The Morgan fingerprint density at radius 3 is 1.10 bits per heavy atom. The Labute approximate surface area is 70.4 Å². The zero-order valence-electron chi connectivity index (χ0n) is 4.24. The summed E-state index contributed by atoms with van der Waals surface area (Å²) >= 11 is -0.653. The van der Waals surface area contributed by atoms with Crippen LogP contribution in [0.4, 0.5) is 0 Å². The maximum absolute atomic E-state index is 9.81. The minimum absolute atomic E-state index is 0. The summed E-state index contributed by atoms with van der Waals surface area (Å²) in [5.41, 5.74) is 0. The van der Waals surface area contributed by atoms with Gasteiger partial charge < -0.3 is 19.6 Å². The predicted octanol–water partition coefficient (Wildman–Crippen LogP) is -0.0975. The molecule has 0 aliphatic carbocycles. The van der Waals surface area contributed by atoms with Crippen molar-refractivity contribution in [3.05, 3.63) is 0 Å². The third-order valence-corrected chi connectivity index (χ3v) is 5.74. The SMILES string of the molecule is O=P(O)(O)SP(=O)(O)O.[Co]. The summed E-state index contributed by atoms with van der Waals surface area (Å²) in [5.74, 6) is 0. The molecule has 10 heavy (non-hydrogen) atoms. The molecule has 0 aliphatic rings. The molecule has 0 aromatic carbocycles. The van der Waals surface area contributed by atoms with Crippen molar-refractivity contribution in [2.45, 2.75) is 0 Å². The molecule has 0 heterocycles. The first-order valence-electron chi connectivity index (χ1n) is 1.53. The second-order valence-corrected chi connectivity index (χ2v) is 8.00. The van der Waals surface area contributed by atoms with Gasteiger partial charge in [0.15, 0.2) is 0 Å². The van der Waals surface area contributed by atoms with E-state index in [0.717, 1.165) is 0 Å². The molecule has 65 valence electrons. The first kappa shape index (κ1) is 13.7. The molecule has 0 spiro atoms. The zero-order chi connectivity index (χ0) is 7.71.